The van der Waals surface area contributed by atoms with E-state index in [0.29, 0.717) is 48.3 Å². The normalized spacial score (nSPS) is 11.7. The number of para-hydroxylation sites is 2. The Hall–Kier alpha value is -3.58. The highest BCUT2D eigenvalue weighted by atomic mass is 16.5. The van der Waals surface area contributed by atoms with Gasteiger partial charge in [0.05, 0.1) is 30.7 Å². The van der Waals surface area contributed by atoms with Crippen LogP contribution in [-0.4, -0.2) is 37.8 Å². The highest BCUT2D eigenvalue weighted by Crippen LogP contribution is 2.26. The lowest BCUT2D eigenvalue weighted by atomic mass is 10.2. The average molecular weight is 413 g/mol. The zero-order chi connectivity index (χ0) is 21.4. The standard InChI is InChI=1S/C24H23N5O2/c1-3-19-27-22-20(24(30)28(19)13-14-31-2)21-23(26-18-12-8-7-11-17(18)25-21)29(22)15-16-9-5-4-6-10-16/h4-12H,3,13-15H2,1-2H3. The van der Waals surface area contributed by atoms with Gasteiger partial charge < -0.3 is 9.30 Å². The Kier molecular flexibility index (Phi) is 4.95. The predicted molar refractivity (Wildman–Crippen MR) is 121 cm³/mol. The minimum Gasteiger partial charge on any atom is -0.383 e. The van der Waals surface area contributed by atoms with Crippen LogP contribution in [0.2, 0.25) is 0 Å². The first-order valence-corrected chi connectivity index (χ1v) is 10.4. The second-order valence-electron chi connectivity index (χ2n) is 7.49. The Balaban J connectivity index is 1.88. The van der Waals surface area contributed by atoms with Crippen molar-refractivity contribution in [3.8, 4) is 0 Å². The molecule has 31 heavy (non-hydrogen) atoms. The molecule has 0 aliphatic rings. The fourth-order valence-corrected chi connectivity index (χ4v) is 4.03. The monoisotopic (exact) mass is 413 g/mol. The van der Waals surface area contributed by atoms with E-state index < -0.39 is 0 Å². The lowest BCUT2D eigenvalue weighted by molar-refractivity contribution is 0.185. The molecule has 7 heteroatoms. The summed E-state index contributed by atoms with van der Waals surface area (Å²) in [5.41, 5.74) is 4.47. The third-order valence-electron chi connectivity index (χ3n) is 5.55. The van der Waals surface area contributed by atoms with E-state index in [1.165, 1.54) is 0 Å². The van der Waals surface area contributed by atoms with Crippen molar-refractivity contribution in [2.45, 2.75) is 26.4 Å². The number of hydrogen-bond donors (Lipinski definition) is 0. The minimum absolute atomic E-state index is 0.0970. The van der Waals surface area contributed by atoms with Crippen molar-refractivity contribution in [2.24, 2.45) is 0 Å². The van der Waals surface area contributed by atoms with Gasteiger partial charge in [0.15, 0.2) is 11.3 Å². The van der Waals surface area contributed by atoms with E-state index in [-0.39, 0.29) is 5.56 Å². The summed E-state index contributed by atoms with van der Waals surface area (Å²) in [5.74, 6) is 0.733. The molecule has 0 atom stereocenters. The lowest BCUT2D eigenvalue weighted by Gasteiger charge is -2.12. The number of fused-ring (bicyclic) bond motifs is 4. The molecule has 2 aromatic carbocycles. The molecule has 0 unspecified atom stereocenters. The van der Waals surface area contributed by atoms with Gasteiger partial charge in [-0.2, -0.15) is 0 Å². The van der Waals surface area contributed by atoms with Crippen molar-refractivity contribution in [1.82, 2.24) is 24.1 Å². The van der Waals surface area contributed by atoms with Gasteiger partial charge in [0.25, 0.3) is 5.56 Å². The van der Waals surface area contributed by atoms with Crippen molar-refractivity contribution in [1.29, 1.82) is 0 Å². The number of aryl methyl sites for hydroxylation is 1. The third-order valence-corrected chi connectivity index (χ3v) is 5.55. The topological polar surface area (TPSA) is 74.8 Å². The number of nitrogens with zero attached hydrogens (tertiary/aromatic N) is 5. The van der Waals surface area contributed by atoms with Crippen molar-refractivity contribution in [3.63, 3.8) is 0 Å². The third kappa shape index (κ3) is 3.27. The zero-order valence-electron chi connectivity index (χ0n) is 17.6. The predicted octanol–water partition coefficient (Wildman–Crippen LogP) is 3.55. The Morgan fingerprint density at radius 2 is 1.58 bits per heavy atom. The van der Waals surface area contributed by atoms with E-state index in [0.717, 1.165) is 22.4 Å². The van der Waals surface area contributed by atoms with Crippen LogP contribution >= 0.6 is 0 Å². The first-order valence-electron chi connectivity index (χ1n) is 10.4. The summed E-state index contributed by atoms with van der Waals surface area (Å²) in [6.45, 7) is 3.46. The fraction of sp³-hybridized carbons (Fsp3) is 0.250. The maximum Gasteiger partial charge on any atom is 0.265 e. The zero-order valence-corrected chi connectivity index (χ0v) is 17.6. The molecule has 0 N–H and O–H groups in total. The van der Waals surface area contributed by atoms with E-state index in [9.17, 15) is 4.79 Å². The van der Waals surface area contributed by atoms with Crippen LogP contribution in [0.25, 0.3) is 33.2 Å². The summed E-state index contributed by atoms with van der Waals surface area (Å²) in [5, 5.41) is 0.512. The number of rotatable bonds is 6. The maximum absolute atomic E-state index is 13.6. The highest BCUT2D eigenvalue weighted by molar-refractivity contribution is 6.04. The SMILES string of the molecule is CCc1nc2c(c(=O)n1CCOC)c1nc3ccccc3nc1n2Cc1ccccc1. The van der Waals surface area contributed by atoms with Crippen LogP contribution in [0.15, 0.2) is 59.4 Å². The van der Waals surface area contributed by atoms with Gasteiger partial charge in [-0.3, -0.25) is 9.36 Å². The molecule has 0 saturated heterocycles. The first kappa shape index (κ1) is 19.4. The van der Waals surface area contributed by atoms with Crippen LogP contribution < -0.4 is 5.56 Å². The molecule has 3 heterocycles. The fourth-order valence-electron chi connectivity index (χ4n) is 4.03. The largest absolute Gasteiger partial charge is 0.383 e. The molecule has 5 aromatic rings. The highest BCUT2D eigenvalue weighted by Gasteiger charge is 2.21. The number of methoxy groups -OCH3 is 1. The molecule has 7 nitrogen and oxygen atoms in total. The quantitative estimate of drug-likeness (QED) is 0.426. The summed E-state index contributed by atoms with van der Waals surface area (Å²) < 4.78 is 8.94. The van der Waals surface area contributed by atoms with Crippen LogP contribution in [0.5, 0.6) is 0 Å². The van der Waals surface area contributed by atoms with Gasteiger partial charge in [-0.05, 0) is 17.7 Å². The second kappa shape index (κ2) is 7.92. The van der Waals surface area contributed by atoms with Gasteiger partial charge >= 0.3 is 0 Å². The molecule has 3 aromatic heterocycles. The van der Waals surface area contributed by atoms with Crippen LogP contribution in [0, 0.1) is 0 Å². The van der Waals surface area contributed by atoms with Gasteiger partial charge in [0, 0.05) is 13.5 Å². The van der Waals surface area contributed by atoms with Crippen LogP contribution in [0.1, 0.15) is 18.3 Å². The number of hydrogen-bond acceptors (Lipinski definition) is 5. The maximum atomic E-state index is 13.6. The number of ether oxygens (including phenoxy) is 1. The summed E-state index contributed by atoms with van der Waals surface area (Å²) >= 11 is 0. The molecule has 0 spiro atoms. The summed E-state index contributed by atoms with van der Waals surface area (Å²) in [7, 11) is 1.63. The molecular formula is C24H23N5O2. The Morgan fingerprint density at radius 3 is 2.29 bits per heavy atom. The summed E-state index contributed by atoms with van der Waals surface area (Å²) in [6, 6.07) is 17.9. The minimum atomic E-state index is -0.0970. The van der Waals surface area contributed by atoms with Crippen LogP contribution in [0.3, 0.4) is 0 Å². The molecular weight excluding hydrogens is 390 g/mol. The van der Waals surface area contributed by atoms with Crippen molar-refractivity contribution in [3.05, 3.63) is 76.3 Å². The van der Waals surface area contributed by atoms with Crippen LogP contribution in [0.4, 0.5) is 0 Å². The van der Waals surface area contributed by atoms with E-state index in [1.807, 2.05) is 54.0 Å². The number of aromatic nitrogens is 5. The van der Waals surface area contributed by atoms with Gasteiger partial charge in [-0.15, -0.1) is 0 Å². The van der Waals surface area contributed by atoms with E-state index in [1.54, 1.807) is 11.7 Å². The summed E-state index contributed by atoms with van der Waals surface area (Å²) in [4.78, 5) is 28.3. The lowest BCUT2D eigenvalue weighted by Crippen LogP contribution is -2.27. The first-order chi connectivity index (χ1) is 15.2. The second-order valence-corrected chi connectivity index (χ2v) is 7.49. The summed E-state index contributed by atoms with van der Waals surface area (Å²) in [6.07, 6.45) is 0.643. The van der Waals surface area contributed by atoms with Gasteiger partial charge in [0.2, 0.25) is 0 Å². The van der Waals surface area contributed by atoms with Gasteiger partial charge in [-0.25, -0.2) is 15.0 Å². The molecule has 0 fully saturated rings. The van der Waals surface area contributed by atoms with Crippen LogP contribution in [-0.2, 0) is 24.2 Å². The Morgan fingerprint density at radius 1 is 0.871 bits per heavy atom. The molecule has 5 rings (SSSR count). The molecule has 0 radical (unpaired) electrons. The van der Waals surface area contributed by atoms with Crippen molar-refractivity contribution >= 4 is 33.2 Å². The van der Waals surface area contributed by atoms with E-state index in [2.05, 4.69) is 12.1 Å². The molecule has 0 amide bonds. The Labute approximate surface area is 179 Å². The van der Waals surface area contributed by atoms with Crippen molar-refractivity contribution < 1.29 is 4.74 Å². The molecule has 0 saturated carbocycles. The molecule has 0 aliphatic heterocycles. The molecule has 0 bridgehead atoms. The van der Waals surface area contributed by atoms with Gasteiger partial charge in [-0.1, -0.05) is 49.4 Å². The molecule has 0 aliphatic carbocycles. The van der Waals surface area contributed by atoms with Gasteiger partial charge in [0.1, 0.15) is 16.7 Å². The van der Waals surface area contributed by atoms with E-state index >= 15 is 0 Å². The van der Waals surface area contributed by atoms with Crippen molar-refractivity contribution in [2.75, 3.05) is 13.7 Å². The Bertz CT molecular complexity index is 1450. The molecule has 156 valence electrons. The van der Waals surface area contributed by atoms with E-state index in [4.69, 9.17) is 19.7 Å². The average Bonchev–Trinajstić information content (AvgIpc) is 3.10. The smallest absolute Gasteiger partial charge is 0.265 e. The number of benzene rings is 2.